The molecule has 4 rings (SSSR count). The molecule has 0 spiro atoms. The molecule has 1 unspecified atom stereocenters. The highest BCUT2D eigenvalue weighted by molar-refractivity contribution is 7.89. The number of likely N-dealkylation sites (tertiary alicyclic amines) is 1. The van der Waals surface area contributed by atoms with Crippen molar-refractivity contribution in [2.24, 2.45) is 0 Å². The summed E-state index contributed by atoms with van der Waals surface area (Å²) in [6.07, 6.45) is 4.04. The summed E-state index contributed by atoms with van der Waals surface area (Å²) in [4.78, 5) is 15.3. The first-order valence-corrected chi connectivity index (χ1v) is 11.9. The summed E-state index contributed by atoms with van der Waals surface area (Å²) in [5, 5.41) is 0. The van der Waals surface area contributed by atoms with Gasteiger partial charge in [0.2, 0.25) is 15.9 Å². The van der Waals surface area contributed by atoms with Crippen molar-refractivity contribution in [2.75, 3.05) is 13.1 Å². The minimum Gasteiger partial charge on any atom is -0.340 e. The second-order valence-corrected chi connectivity index (χ2v) is 10.2. The second kappa shape index (κ2) is 8.12. The molecule has 2 aromatic carbocycles. The topological polar surface area (TPSA) is 66.5 Å². The molecule has 0 radical (unpaired) electrons. The molecule has 2 fully saturated rings. The standard InChI is InChI=1S/C23H27FN2O3S/c1-17-6-2-7-18(14-17)23(11-5-12-23)22(27)26-13-4-9-20(16-26)25-30(28,29)21-10-3-8-19(24)15-21/h2-3,6-8,10,14-15,20,25H,4-5,9,11-13,16H2,1H3. The van der Waals surface area contributed by atoms with Crippen molar-refractivity contribution in [3.63, 3.8) is 0 Å². The fourth-order valence-corrected chi connectivity index (χ4v) is 5.87. The number of sulfonamides is 1. The van der Waals surface area contributed by atoms with Crippen LogP contribution in [0.2, 0.25) is 0 Å². The molecule has 1 heterocycles. The van der Waals surface area contributed by atoms with Crippen LogP contribution in [0.4, 0.5) is 4.39 Å². The Bertz CT molecular complexity index is 1050. The molecule has 1 saturated heterocycles. The lowest BCUT2D eigenvalue weighted by molar-refractivity contribution is -0.142. The first kappa shape index (κ1) is 21.0. The number of piperidine rings is 1. The molecule has 160 valence electrons. The molecule has 2 aliphatic rings. The molecular weight excluding hydrogens is 403 g/mol. The van der Waals surface area contributed by atoms with Crippen molar-refractivity contribution in [3.05, 3.63) is 65.5 Å². The summed E-state index contributed by atoms with van der Waals surface area (Å²) in [5.41, 5.74) is 1.70. The molecule has 5 nitrogen and oxygen atoms in total. The maximum atomic E-state index is 13.5. The van der Waals surface area contributed by atoms with Gasteiger partial charge >= 0.3 is 0 Å². The highest BCUT2D eigenvalue weighted by Crippen LogP contribution is 2.45. The van der Waals surface area contributed by atoms with Gasteiger partial charge in [-0.1, -0.05) is 42.3 Å². The van der Waals surface area contributed by atoms with Crippen LogP contribution in [0.15, 0.2) is 53.4 Å². The molecule has 1 atom stereocenters. The second-order valence-electron chi connectivity index (χ2n) is 8.47. The Morgan fingerprint density at radius 1 is 1.13 bits per heavy atom. The number of benzene rings is 2. The highest BCUT2D eigenvalue weighted by Gasteiger charge is 2.48. The lowest BCUT2D eigenvalue weighted by Gasteiger charge is -2.46. The number of hydrogen-bond acceptors (Lipinski definition) is 3. The Hall–Kier alpha value is -2.25. The van der Waals surface area contributed by atoms with Crippen LogP contribution in [0.5, 0.6) is 0 Å². The van der Waals surface area contributed by atoms with E-state index in [2.05, 4.69) is 10.8 Å². The van der Waals surface area contributed by atoms with Gasteiger partial charge in [0.1, 0.15) is 5.82 Å². The average Bonchev–Trinajstić information content (AvgIpc) is 2.67. The third-order valence-electron chi connectivity index (χ3n) is 6.32. The summed E-state index contributed by atoms with van der Waals surface area (Å²) in [6, 6.07) is 12.7. The Balaban J connectivity index is 1.50. The number of carbonyl (C=O) groups is 1. The van der Waals surface area contributed by atoms with Gasteiger partial charge < -0.3 is 4.90 Å². The summed E-state index contributed by atoms with van der Waals surface area (Å²) in [6.45, 7) is 2.99. The number of carbonyl (C=O) groups excluding carboxylic acids is 1. The summed E-state index contributed by atoms with van der Waals surface area (Å²) >= 11 is 0. The van der Waals surface area contributed by atoms with Crippen LogP contribution in [0.1, 0.15) is 43.2 Å². The molecule has 1 N–H and O–H groups in total. The zero-order valence-corrected chi connectivity index (χ0v) is 17.9. The Morgan fingerprint density at radius 3 is 2.57 bits per heavy atom. The van der Waals surface area contributed by atoms with Gasteiger partial charge in [0.05, 0.1) is 10.3 Å². The van der Waals surface area contributed by atoms with Crippen molar-refractivity contribution in [1.82, 2.24) is 9.62 Å². The summed E-state index contributed by atoms with van der Waals surface area (Å²) in [5.74, 6) is -0.502. The van der Waals surface area contributed by atoms with Crippen molar-refractivity contribution in [2.45, 2.75) is 55.4 Å². The lowest BCUT2D eigenvalue weighted by Crippen LogP contribution is -2.56. The zero-order chi connectivity index (χ0) is 21.4. The van der Waals surface area contributed by atoms with Gasteiger partial charge in [0, 0.05) is 19.1 Å². The molecule has 7 heteroatoms. The Morgan fingerprint density at radius 2 is 1.90 bits per heavy atom. The van der Waals surface area contributed by atoms with E-state index in [0.717, 1.165) is 42.9 Å². The van der Waals surface area contributed by atoms with Gasteiger partial charge in [0.15, 0.2) is 0 Å². The van der Waals surface area contributed by atoms with E-state index in [0.29, 0.717) is 19.5 Å². The number of nitrogens with one attached hydrogen (secondary N) is 1. The largest absolute Gasteiger partial charge is 0.340 e. The SMILES string of the molecule is Cc1cccc(C2(C(=O)N3CCCC(NS(=O)(=O)c4cccc(F)c4)C3)CCC2)c1. The lowest BCUT2D eigenvalue weighted by atomic mass is 9.63. The van der Waals surface area contributed by atoms with Crippen LogP contribution in [0, 0.1) is 12.7 Å². The van der Waals surface area contributed by atoms with Crippen LogP contribution in [0.3, 0.4) is 0 Å². The molecular formula is C23H27FN2O3S. The van der Waals surface area contributed by atoms with Gasteiger partial charge in [-0.3, -0.25) is 4.79 Å². The number of aryl methyl sites for hydroxylation is 1. The van der Waals surface area contributed by atoms with Gasteiger partial charge in [-0.2, -0.15) is 0 Å². The normalized spacial score (nSPS) is 21.1. The zero-order valence-electron chi connectivity index (χ0n) is 17.1. The first-order chi connectivity index (χ1) is 14.3. The molecule has 2 aromatic rings. The fourth-order valence-electron chi connectivity index (χ4n) is 4.58. The maximum absolute atomic E-state index is 13.5. The number of rotatable bonds is 5. The van der Waals surface area contributed by atoms with Crippen LogP contribution in [-0.2, 0) is 20.2 Å². The van der Waals surface area contributed by atoms with Crippen molar-refractivity contribution >= 4 is 15.9 Å². The van der Waals surface area contributed by atoms with Gasteiger partial charge in [0.25, 0.3) is 0 Å². The number of amides is 1. The van der Waals surface area contributed by atoms with E-state index in [1.807, 2.05) is 30.0 Å². The number of nitrogens with zero attached hydrogens (tertiary/aromatic N) is 1. The summed E-state index contributed by atoms with van der Waals surface area (Å²) < 4.78 is 41.5. The van der Waals surface area contributed by atoms with Gasteiger partial charge in [-0.25, -0.2) is 17.5 Å². The predicted molar refractivity (Wildman–Crippen MR) is 113 cm³/mol. The van der Waals surface area contributed by atoms with Crippen LogP contribution in [0.25, 0.3) is 0 Å². The third-order valence-corrected chi connectivity index (χ3v) is 7.84. The van der Waals surface area contributed by atoms with E-state index < -0.39 is 21.3 Å². The van der Waals surface area contributed by atoms with Crippen molar-refractivity contribution < 1.29 is 17.6 Å². The minimum absolute atomic E-state index is 0.0917. The quantitative estimate of drug-likeness (QED) is 0.789. The van der Waals surface area contributed by atoms with Crippen molar-refractivity contribution in [1.29, 1.82) is 0 Å². The average molecular weight is 431 g/mol. The van der Waals surface area contributed by atoms with E-state index in [9.17, 15) is 17.6 Å². The molecule has 30 heavy (non-hydrogen) atoms. The van der Waals surface area contributed by atoms with Crippen molar-refractivity contribution in [3.8, 4) is 0 Å². The molecule has 1 aliphatic heterocycles. The van der Waals surface area contributed by atoms with Gasteiger partial charge in [-0.05, 0) is 56.4 Å². The number of hydrogen-bond donors (Lipinski definition) is 1. The van der Waals surface area contributed by atoms with E-state index in [-0.39, 0.29) is 16.8 Å². The summed E-state index contributed by atoms with van der Waals surface area (Å²) in [7, 11) is -3.84. The molecule has 1 saturated carbocycles. The number of halogens is 1. The third kappa shape index (κ3) is 4.01. The molecule has 0 bridgehead atoms. The van der Waals surface area contributed by atoms with Crippen LogP contribution < -0.4 is 4.72 Å². The maximum Gasteiger partial charge on any atom is 0.240 e. The predicted octanol–water partition coefficient (Wildman–Crippen LogP) is 3.53. The minimum atomic E-state index is -3.84. The van der Waals surface area contributed by atoms with Gasteiger partial charge in [-0.15, -0.1) is 0 Å². The monoisotopic (exact) mass is 430 g/mol. The highest BCUT2D eigenvalue weighted by atomic mass is 32.2. The van der Waals surface area contributed by atoms with E-state index in [1.54, 1.807) is 0 Å². The van der Waals surface area contributed by atoms with E-state index >= 15 is 0 Å². The van der Waals surface area contributed by atoms with E-state index in [4.69, 9.17) is 0 Å². The molecule has 0 aromatic heterocycles. The smallest absolute Gasteiger partial charge is 0.240 e. The van der Waals surface area contributed by atoms with Crippen LogP contribution >= 0.6 is 0 Å². The first-order valence-electron chi connectivity index (χ1n) is 10.4. The fraction of sp³-hybridized carbons (Fsp3) is 0.435. The molecule has 1 aliphatic carbocycles. The van der Waals surface area contributed by atoms with Crippen LogP contribution in [-0.4, -0.2) is 38.4 Å². The Labute approximate surface area is 177 Å². The Kier molecular flexibility index (Phi) is 5.68. The molecule has 1 amide bonds. The van der Waals surface area contributed by atoms with E-state index in [1.165, 1.54) is 18.2 Å².